The predicted molar refractivity (Wildman–Crippen MR) is 87.1 cm³/mol. The highest BCUT2D eigenvalue weighted by molar-refractivity contribution is 7.71. The molecule has 0 unspecified atom stereocenters. The third-order valence-electron chi connectivity index (χ3n) is 3.46. The molecule has 0 saturated heterocycles. The lowest BCUT2D eigenvalue weighted by Gasteiger charge is -2.34. The van der Waals surface area contributed by atoms with Gasteiger partial charge in [-0.1, -0.05) is 20.8 Å². The average molecular weight is 292 g/mol. The van der Waals surface area contributed by atoms with Gasteiger partial charge in [-0.25, -0.2) is 0 Å². The van der Waals surface area contributed by atoms with Crippen molar-refractivity contribution >= 4 is 23.3 Å². The lowest BCUT2D eigenvalue weighted by molar-refractivity contribution is 0.217. The number of rotatable bonds is 3. The molecular formula is C16H24N2OS. The van der Waals surface area contributed by atoms with Gasteiger partial charge < -0.3 is 14.3 Å². The second-order valence-corrected chi connectivity index (χ2v) is 7.59. The van der Waals surface area contributed by atoms with Crippen LogP contribution in [0.5, 0.6) is 5.75 Å². The molecule has 0 aliphatic carbocycles. The van der Waals surface area contributed by atoms with Crippen LogP contribution in [0.3, 0.4) is 0 Å². The molecule has 0 bridgehead atoms. The molecule has 0 aliphatic heterocycles. The molecule has 4 heteroatoms. The highest BCUT2D eigenvalue weighted by atomic mass is 32.1. The van der Waals surface area contributed by atoms with Crippen LogP contribution in [0.25, 0.3) is 11.0 Å². The molecule has 0 spiro atoms. The first-order valence-electron chi connectivity index (χ1n) is 6.93. The van der Waals surface area contributed by atoms with E-state index in [1.165, 1.54) is 0 Å². The van der Waals surface area contributed by atoms with Gasteiger partial charge in [-0.3, -0.25) is 0 Å². The van der Waals surface area contributed by atoms with Gasteiger partial charge in [0.2, 0.25) is 0 Å². The van der Waals surface area contributed by atoms with Gasteiger partial charge in [0.25, 0.3) is 0 Å². The second-order valence-electron chi connectivity index (χ2n) is 7.20. The standard InChI is InChI=1S/C16H24N2OS/c1-15(2,3)10-16(4,5)18-13-8-7-11(19-6)9-12(13)17-14(18)20/h7-9H,10H2,1-6H3,(H,17,20). The monoisotopic (exact) mass is 292 g/mol. The van der Waals surface area contributed by atoms with Crippen LogP contribution in [-0.4, -0.2) is 16.7 Å². The van der Waals surface area contributed by atoms with E-state index in [4.69, 9.17) is 17.0 Å². The van der Waals surface area contributed by atoms with Gasteiger partial charge in [0.15, 0.2) is 4.77 Å². The normalized spacial score (nSPS) is 12.9. The summed E-state index contributed by atoms with van der Waals surface area (Å²) in [7, 11) is 1.68. The first kappa shape index (κ1) is 15.1. The zero-order valence-electron chi connectivity index (χ0n) is 13.2. The first-order valence-corrected chi connectivity index (χ1v) is 7.34. The number of aromatic nitrogens is 2. The number of hydrogen-bond acceptors (Lipinski definition) is 2. The quantitative estimate of drug-likeness (QED) is 0.817. The Labute approximate surface area is 126 Å². The van der Waals surface area contributed by atoms with E-state index in [0.717, 1.165) is 28.0 Å². The van der Waals surface area contributed by atoms with Crippen molar-refractivity contribution < 1.29 is 4.74 Å². The van der Waals surface area contributed by atoms with E-state index in [1.54, 1.807) is 7.11 Å². The number of imidazole rings is 1. The molecule has 110 valence electrons. The summed E-state index contributed by atoms with van der Waals surface area (Å²) in [4.78, 5) is 3.29. The van der Waals surface area contributed by atoms with Gasteiger partial charge in [0.05, 0.1) is 18.1 Å². The Morgan fingerprint density at radius 1 is 1.20 bits per heavy atom. The van der Waals surface area contributed by atoms with Gasteiger partial charge in [-0.2, -0.15) is 0 Å². The van der Waals surface area contributed by atoms with Crippen LogP contribution < -0.4 is 4.74 Å². The SMILES string of the molecule is COc1ccc2c(c1)[nH]c(=S)n2C(C)(C)CC(C)(C)C. The zero-order chi connectivity index (χ0) is 15.1. The maximum absolute atomic E-state index is 5.54. The van der Waals surface area contributed by atoms with E-state index in [-0.39, 0.29) is 11.0 Å². The maximum atomic E-state index is 5.54. The number of nitrogens with one attached hydrogen (secondary N) is 1. The van der Waals surface area contributed by atoms with Crippen molar-refractivity contribution in [1.29, 1.82) is 0 Å². The lowest BCUT2D eigenvalue weighted by atomic mass is 9.81. The highest BCUT2D eigenvalue weighted by Gasteiger charge is 2.29. The Morgan fingerprint density at radius 2 is 1.85 bits per heavy atom. The molecule has 2 rings (SSSR count). The molecule has 20 heavy (non-hydrogen) atoms. The number of aromatic amines is 1. The van der Waals surface area contributed by atoms with E-state index in [1.807, 2.05) is 12.1 Å². The molecule has 1 heterocycles. The van der Waals surface area contributed by atoms with Crippen molar-refractivity contribution in [2.24, 2.45) is 5.41 Å². The van der Waals surface area contributed by atoms with Gasteiger partial charge in [0.1, 0.15) is 5.75 Å². The molecule has 1 N–H and O–H groups in total. The van der Waals surface area contributed by atoms with E-state index in [9.17, 15) is 0 Å². The van der Waals surface area contributed by atoms with Crippen LogP contribution in [0.2, 0.25) is 0 Å². The van der Waals surface area contributed by atoms with Crippen molar-refractivity contribution in [3.63, 3.8) is 0 Å². The molecule has 3 nitrogen and oxygen atoms in total. The lowest BCUT2D eigenvalue weighted by Crippen LogP contribution is -2.31. The smallest absolute Gasteiger partial charge is 0.178 e. The van der Waals surface area contributed by atoms with Gasteiger partial charge >= 0.3 is 0 Å². The number of H-pyrrole nitrogens is 1. The van der Waals surface area contributed by atoms with Crippen LogP contribution in [0.4, 0.5) is 0 Å². The predicted octanol–water partition coefficient (Wildman–Crippen LogP) is 4.88. The third-order valence-corrected chi connectivity index (χ3v) is 3.74. The van der Waals surface area contributed by atoms with E-state index < -0.39 is 0 Å². The van der Waals surface area contributed by atoms with Crippen LogP contribution in [-0.2, 0) is 5.54 Å². The Morgan fingerprint density at radius 3 is 2.40 bits per heavy atom. The summed E-state index contributed by atoms with van der Waals surface area (Å²) in [5, 5.41) is 0. The Kier molecular flexibility index (Phi) is 3.71. The number of benzene rings is 1. The van der Waals surface area contributed by atoms with Crippen molar-refractivity contribution in [2.75, 3.05) is 7.11 Å². The molecule has 0 aliphatic rings. The third kappa shape index (κ3) is 2.90. The number of hydrogen-bond donors (Lipinski definition) is 1. The second kappa shape index (κ2) is 4.92. The summed E-state index contributed by atoms with van der Waals surface area (Å²) in [6.07, 6.45) is 1.05. The van der Waals surface area contributed by atoms with Crippen molar-refractivity contribution in [2.45, 2.75) is 46.6 Å². The molecule has 0 fully saturated rings. The number of fused-ring (bicyclic) bond motifs is 1. The molecular weight excluding hydrogens is 268 g/mol. The Balaban J connectivity index is 2.59. The molecule has 0 saturated carbocycles. The number of methoxy groups -OCH3 is 1. The van der Waals surface area contributed by atoms with E-state index >= 15 is 0 Å². The average Bonchev–Trinajstić information content (AvgIpc) is 2.60. The minimum atomic E-state index is -0.0395. The molecule has 1 aromatic heterocycles. The summed E-state index contributed by atoms with van der Waals surface area (Å²) in [5.74, 6) is 0.842. The van der Waals surface area contributed by atoms with Gasteiger partial charge in [-0.05, 0) is 50.0 Å². The Bertz CT molecular complexity index is 674. The van der Waals surface area contributed by atoms with Crippen LogP contribution in [0.15, 0.2) is 18.2 Å². The molecule has 2 aromatic rings. The van der Waals surface area contributed by atoms with Crippen molar-refractivity contribution in [1.82, 2.24) is 9.55 Å². The fourth-order valence-corrected chi connectivity index (χ4v) is 3.65. The summed E-state index contributed by atoms with van der Waals surface area (Å²) in [6, 6.07) is 6.05. The minimum absolute atomic E-state index is 0.0395. The number of ether oxygens (including phenoxy) is 1. The first-order chi connectivity index (χ1) is 9.14. The maximum Gasteiger partial charge on any atom is 0.178 e. The zero-order valence-corrected chi connectivity index (χ0v) is 14.0. The number of nitrogens with zero attached hydrogens (tertiary/aromatic N) is 1. The fraction of sp³-hybridized carbons (Fsp3) is 0.562. The summed E-state index contributed by atoms with van der Waals surface area (Å²) >= 11 is 5.54. The fourth-order valence-electron chi connectivity index (χ4n) is 3.20. The molecule has 0 amide bonds. The molecule has 1 aromatic carbocycles. The van der Waals surface area contributed by atoms with E-state index in [0.29, 0.717) is 0 Å². The van der Waals surface area contributed by atoms with Crippen LogP contribution in [0.1, 0.15) is 41.0 Å². The summed E-state index contributed by atoms with van der Waals surface area (Å²) in [5.41, 5.74) is 2.36. The van der Waals surface area contributed by atoms with Gasteiger partial charge in [-0.15, -0.1) is 0 Å². The largest absolute Gasteiger partial charge is 0.497 e. The topological polar surface area (TPSA) is 29.9 Å². The summed E-state index contributed by atoms with van der Waals surface area (Å²) in [6.45, 7) is 11.3. The van der Waals surface area contributed by atoms with Gasteiger partial charge in [0, 0.05) is 11.6 Å². The highest BCUT2D eigenvalue weighted by Crippen LogP contribution is 2.35. The van der Waals surface area contributed by atoms with E-state index in [2.05, 4.69) is 50.2 Å². The summed E-state index contributed by atoms with van der Waals surface area (Å²) < 4.78 is 8.27. The van der Waals surface area contributed by atoms with Crippen molar-refractivity contribution in [3.8, 4) is 5.75 Å². The van der Waals surface area contributed by atoms with Crippen molar-refractivity contribution in [3.05, 3.63) is 23.0 Å². The molecule has 0 atom stereocenters. The minimum Gasteiger partial charge on any atom is -0.497 e. The molecule has 0 radical (unpaired) electrons. The van der Waals surface area contributed by atoms with Crippen LogP contribution >= 0.6 is 12.2 Å². The van der Waals surface area contributed by atoms with Crippen LogP contribution in [0, 0.1) is 10.2 Å². The Hall–Kier alpha value is -1.29.